The van der Waals surface area contributed by atoms with Gasteiger partial charge in [-0.2, -0.15) is 16.3 Å². The van der Waals surface area contributed by atoms with Crippen LogP contribution >= 0.6 is 11.3 Å². The molecule has 2 saturated heterocycles. The molecule has 2 aliphatic heterocycles. The summed E-state index contributed by atoms with van der Waals surface area (Å²) in [5.74, 6) is 1.26. The van der Waals surface area contributed by atoms with E-state index in [0.717, 1.165) is 38.0 Å². The SMILES string of the molecule is O=C(CCc1nc(-c2ccsc2)no1)N1CCCC(N2CCNCC2=O)C1. The molecule has 27 heavy (non-hydrogen) atoms. The van der Waals surface area contributed by atoms with Crippen molar-refractivity contribution in [1.82, 2.24) is 25.3 Å². The molecule has 0 bridgehead atoms. The van der Waals surface area contributed by atoms with Crippen LogP contribution in [0.2, 0.25) is 0 Å². The van der Waals surface area contributed by atoms with Gasteiger partial charge in [-0.3, -0.25) is 9.59 Å². The van der Waals surface area contributed by atoms with Crippen LogP contribution < -0.4 is 5.32 Å². The Balaban J connectivity index is 1.31. The summed E-state index contributed by atoms with van der Waals surface area (Å²) in [6.45, 7) is 3.31. The minimum absolute atomic E-state index is 0.0811. The second-order valence-electron chi connectivity index (χ2n) is 6.92. The third kappa shape index (κ3) is 4.19. The van der Waals surface area contributed by atoms with E-state index in [-0.39, 0.29) is 17.9 Å². The number of nitrogens with zero attached hydrogens (tertiary/aromatic N) is 4. The fourth-order valence-corrected chi connectivity index (χ4v) is 4.31. The van der Waals surface area contributed by atoms with Crippen molar-refractivity contribution in [3.8, 4) is 11.4 Å². The Morgan fingerprint density at radius 3 is 3.15 bits per heavy atom. The van der Waals surface area contributed by atoms with E-state index in [1.54, 1.807) is 11.3 Å². The van der Waals surface area contributed by atoms with Gasteiger partial charge in [0.1, 0.15) is 0 Å². The summed E-state index contributed by atoms with van der Waals surface area (Å²) < 4.78 is 5.27. The van der Waals surface area contributed by atoms with Crippen LogP contribution in [0.15, 0.2) is 21.3 Å². The smallest absolute Gasteiger partial charge is 0.236 e. The normalized spacial score (nSPS) is 20.9. The largest absolute Gasteiger partial charge is 0.341 e. The molecule has 1 atom stereocenters. The number of aryl methyl sites for hydroxylation is 1. The molecule has 2 aromatic rings. The molecular formula is C18H23N5O3S. The summed E-state index contributed by atoms with van der Waals surface area (Å²) >= 11 is 1.58. The van der Waals surface area contributed by atoms with E-state index in [9.17, 15) is 9.59 Å². The first-order valence-electron chi connectivity index (χ1n) is 9.34. The van der Waals surface area contributed by atoms with Gasteiger partial charge in [0, 0.05) is 56.0 Å². The van der Waals surface area contributed by atoms with Gasteiger partial charge in [-0.15, -0.1) is 0 Å². The quantitative estimate of drug-likeness (QED) is 0.825. The second kappa shape index (κ2) is 8.18. The van der Waals surface area contributed by atoms with Crippen molar-refractivity contribution >= 4 is 23.2 Å². The first-order chi connectivity index (χ1) is 13.2. The molecule has 4 rings (SSSR count). The van der Waals surface area contributed by atoms with Crippen LogP contribution in [0.3, 0.4) is 0 Å². The fraction of sp³-hybridized carbons (Fsp3) is 0.556. The van der Waals surface area contributed by atoms with Gasteiger partial charge in [0.25, 0.3) is 0 Å². The molecule has 2 aliphatic rings. The number of hydrogen-bond acceptors (Lipinski definition) is 7. The summed E-state index contributed by atoms with van der Waals surface area (Å²) in [5, 5.41) is 11.0. The summed E-state index contributed by atoms with van der Waals surface area (Å²) in [6, 6.07) is 2.07. The number of likely N-dealkylation sites (tertiary alicyclic amines) is 1. The van der Waals surface area contributed by atoms with E-state index in [4.69, 9.17) is 4.52 Å². The minimum atomic E-state index is 0.0811. The number of carbonyl (C=O) groups is 2. The lowest BCUT2D eigenvalue weighted by Crippen LogP contribution is -2.57. The van der Waals surface area contributed by atoms with Gasteiger partial charge in [-0.25, -0.2) is 0 Å². The Hall–Kier alpha value is -2.26. The first kappa shape index (κ1) is 18.1. The summed E-state index contributed by atoms with van der Waals surface area (Å²) in [4.78, 5) is 32.9. The van der Waals surface area contributed by atoms with Gasteiger partial charge in [0.2, 0.25) is 23.5 Å². The van der Waals surface area contributed by atoms with Crippen LogP contribution in [0.4, 0.5) is 0 Å². The zero-order valence-corrected chi connectivity index (χ0v) is 15.9. The Labute approximate surface area is 161 Å². The molecule has 2 fully saturated rings. The van der Waals surface area contributed by atoms with Crippen molar-refractivity contribution in [3.63, 3.8) is 0 Å². The summed E-state index contributed by atoms with van der Waals surface area (Å²) in [7, 11) is 0. The number of aromatic nitrogens is 2. The maximum atomic E-state index is 12.6. The maximum Gasteiger partial charge on any atom is 0.236 e. The highest BCUT2D eigenvalue weighted by atomic mass is 32.1. The number of hydrogen-bond donors (Lipinski definition) is 1. The average Bonchev–Trinajstić information content (AvgIpc) is 3.38. The van der Waals surface area contributed by atoms with Gasteiger partial charge < -0.3 is 19.6 Å². The van der Waals surface area contributed by atoms with E-state index in [1.165, 1.54) is 0 Å². The molecule has 1 N–H and O–H groups in total. The van der Waals surface area contributed by atoms with Crippen molar-refractivity contribution in [3.05, 3.63) is 22.7 Å². The van der Waals surface area contributed by atoms with Crippen molar-refractivity contribution in [2.24, 2.45) is 0 Å². The molecule has 4 heterocycles. The second-order valence-corrected chi connectivity index (χ2v) is 7.70. The average molecular weight is 389 g/mol. The lowest BCUT2D eigenvalue weighted by Gasteiger charge is -2.41. The summed E-state index contributed by atoms with van der Waals surface area (Å²) in [6.07, 6.45) is 2.66. The first-order valence-corrected chi connectivity index (χ1v) is 10.3. The predicted octanol–water partition coefficient (Wildman–Crippen LogP) is 1.15. The fourth-order valence-electron chi connectivity index (χ4n) is 3.68. The molecule has 0 saturated carbocycles. The van der Waals surface area contributed by atoms with Crippen molar-refractivity contribution in [2.45, 2.75) is 31.7 Å². The number of carbonyl (C=O) groups excluding carboxylic acids is 2. The van der Waals surface area contributed by atoms with Gasteiger partial charge in [0.05, 0.1) is 6.54 Å². The zero-order valence-electron chi connectivity index (χ0n) is 15.1. The van der Waals surface area contributed by atoms with Crippen molar-refractivity contribution < 1.29 is 14.1 Å². The predicted molar refractivity (Wildman–Crippen MR) is 100 cm³/mol. The Bertz CT molecular complexity index is 791. The molecule has 2 amide bonds. The number of rotatable bonds is 5. The van der Waals surface area contributed by atoms with Crippen LogP contribution in [0.1, 0.15) is 25.2 Å². The van der Waals surface area contributed by atoms with Gasteiger partial charge in [0.15, 0.2) is 0 Å². The van der Waals surface area contributed by atoms with E-state index in [0.29, 0.717) is 37.6 Å². The van der Waals surface area contributed by atoms with Gasteiger partial charge in [-0.1, -0.05) is 5.16 Å². The number of thiophene rings is 1. The molecule has 0 aliphatic carbocycles. The summed E-state index contributed by atoms with van der Waals surface area (Å²) in [5.41, 5.74) is 0.931. The molecule has 0 aromatic carbocycles. The van der Waals surface area contributed by atoms with Crippen LogP contribution in [0.25, 0.3) is 11.4 Å². The zero-order chi connectivity index (χ0) is 18.6. The van der Waals surface area contributed by atoms with Crippen molar-refractivity contribution in [1.29, 1.82) is 0 Å². The lowest BCUT2D eigenvalue weighted by molar-refractivity contribution is -0.140. The molecule has 9 heteroatoms. The van der Waals surface area contributed by atoms with Crippen LogP contribution in [0.5, 0.6) is 0 Å². The van der Waals surface area contributed by atoms with Gasteiger partial charge >= 0.3 is 0 Å². The van der Waals surface area contributed by atoms with Crippen LogP contribution in [0, 0.1) is 0 Å². The van der Waals surface area contributed by atoms with E-state index < -0.39 is 0 Å². The molecule has 0 radical (unpaired) electrons. The van der Waals surface area contributed by atoms with Crippen molar-refractivity contribution in [2.75, 3.05) is 32.7 Å². The monoisotopic (exact) mass is 389 g/mol. The molecule has 144 valence electrons. The third-order valence-corrected chi connectivity index (χ3v) is 5.80. The highest BCUT2D eigenvalue weighted by Crippen LogP contribution is 2.20. The molecule has 2 aromatic heterocycles. The number of nitrogens with one attached hydrogen (secondary N) is 1. The van der Waals surface area contributed by atoms with E-state index >= 15 is 0 Å². The van der Waals surface area contributed by atoms with E-state index in [1.807, 2.05) is 26.6 Å². The highest BCUT2D eigenvalue weighted by molar-refractivity contribution is 7.08. The minimum Gasteiger partial charge on any atom is -0.341 e. The standard InChI is InChI=1S/C18H23N5O3S/c24-16(4-3-15-20-18(21-26-15)13-5-9-27-12-13)22-7-1-2-14(11-22)23-8-6-19-10-17(23)25/h5,9,12,14,19H,1-4,6-8,10-11H2. The third-order valence-electron chi connectivity index (χ3n) is 5.12. The number of amides is 2. The Morgan fingerprint density at radius 2 is 2.33 bits per heavy atom. The maximum absolute atomic E-state index is 12.6. The number of piperidine rings is 1. The molecule has 1 unspecified atom stereocenters. The Kier molecular flexibility index (Phi) is 5.49. The number of piperazine rings is 1. The molecule has 8 nitrogen and oxygen atoms in total. The molecular weight excluding hydrogens is 366 g/mol. The Morgan fingerprint density at radius 1 is 1.41 bits per heavy atom. The van der Waals surface area contributed by atoms with Crippen LogP contribution in [-0.4, -0.2) is 70.5 Å². The topological polar surface area (TPSA) is 91.6 Å². The van der Waals surface area contributed by atoms with Crippen LogP contribution in [-0.2, 0) is 16.0 Å². The van der Waals surface area contributed by atoms with Gasteiger partial charge in [-0.05, 0) is 24.3 Å². The lowest BCUT2D eigenvalue weighted by atomic mass is 10.0. The highest BCUT2D eigenvalue weighted by Gasteiger charge is 2.31. The van der Waals surface area contributed by atoms with E-state index in [2.05, 4.69) is 15.5 Å². The molecule has 0 spiro atoms.